The average molecular weight is 350 g/mol. The van der Waals surface area contributed by atoms with Crippen LogP contribution in [0.3, 0.4) is 0 Å². The highest BCUT2D eigenvalue weighted by atomic mass is 16.1. The highest BCUT2D eigenvalue weighted by Crippen LogP contribution is 2.15. The number of rotatable bonds is 7. The van der Waals surface area contributed by atoms with Crippen molar-refractivity contribution in [2.24, 2.45) is 0 Å². The smallest absolute Gasteiger partial charge is 0.251 e. The molecule has 136 valence electrons. The molecule has 0 unspecified atom stereocenters. The summed E-state index contributed by atoms with van der Waals surface area (Å²) in [7, 11) is 0. The van der Waals surface area contributed by atoms with Gasteiger partial charge in [0.05, 0.1) is 0 Å². The highest BCUT2D eigenvalue weighted by molar-refractivity contribution is 5.96. The zero-order valence-electron chi connectivity index (χ0n) is 15.9. The van der Waals surface area contributed by atoms with Gasteiger partial charge in [0.2, 0.25) is 6.33 Å². The molecule has 0 spiro atoms. The molecule has 0 saturated heterocycles. The Morgan fingerprint density at radius 2 is 1.81 bits per heavy atom. The number of aryl methyl sites for hydroxylation is 2. The Morgan fingerprint density at radius 1 is 1.04 bits per heavy atom. The number of unbranched alkanes of at least 4 members (excludes halogenated alkanes) is 3. The molecule has 2 aromatic carbocycles. The molecule has 2 N–H and O–H groups in total. The van der Waals surface area contributed by atoms with Crippen LogP contribution < -0.4 is 9.88 Å². The third kappa shape index (κ3) is 4.13. The number of amides is 1. The number of carbonyl (C=O) groups is 1. The molecule has 1 aromatic heterocycles. The molecular weight excluding hydrogens is 322 g/mol. The van der Waals surface area contributed by atoms with Crippen molar-refractivity contribution >= 4 is 16.9 Å². The Hall–Kier alpha value is -2.62. The number of hydrogen-bond acceptors (Lipinski definition) is 1. The first-order chi connectivity index (χ1) is 12.6. The van der Waals surface area contributed by atoms with Crippen molar-refractivity contribution in [3.8, 4) is 5.69 Å². The summed E-state index contributed by atoms with van der Waals surface area (Å²) in [6.07, 6.45) is 6.59. The van der Waals surface area contributed by atoms with E-state index in [1.807, 2.05) is 24.5 Å². The lowest BCUT2D eigenvalue weighted by molar-refractivity contribution is -0.567. The topological polar surface area (TPSA) is 48.8 Å². The molecule has 0 radical (unpaired) electrons. The molecule has 0 saturated carbocycles. The van der Waals surface area contributed by atoms with Crippen molar-refractivity contribution in [1.82, 2.24) is 10.3 Å². The van der Waals surface area contributed by atoms with Crippen LogP contribution in [0.5, 0.6) is 0 Å². The van der Waals surface area contributed by atoms with E-state index < -0.39 is 0 Å². The minimum Gasteiger partial charge on any atom is -0.352 e. The third-order valence-electron chi connectivity index (χ3n) is 4.67. The van der Waals surface area contributed by atoms with E-state index in [4.69, 9.17) is 0 Å². The summed E-state index contributed by atoms with van der Waals surface area (Å²) in [5.74, 6) is -0.00375. The van der Waals surface area contributed by atoms with Gasteiger partial charge in [0.15, 0.2) is 11.0 Å². The first kappa shape index (κ1) is 18.2. The maximum Gasteiger partial charge on any atom is 0.251 e. The monoisotopic (exact) mass is 350 g/mol. The van der Waals surface area contributed by atoms with Gasteiger partial charge in [-0.1, -0.05) is 32.3 Å². The molecule has 0 aliphatic heterocycles. The van der Waals surface area contributed by atoms with Crippen molar-refractivity contribution in [3.05, 3.63) is 59.4 Å². The number of hydrogen-bond donors (Lipinski definition) is 2. The molecule has 4 nitrogen and oxygen atoms in total. The fraction of sp³-hybridized carbons (Fsp3) is 0.364. The summed E-state index contributed by atoms with van der Waals surface area (Å²) in [5, 5.41) is 3.02. The number of nitrogens with one attached hydrogen (secondary N) is 2. The Labute approximate surface area is 155 Å². The second-order valence-electron chi connectivity index (χ2n) is 7.04. The fourth-order valence-electron chi connectivity index (χ4n) is 3.37. The fourth-order valence-corrected chi connectivity index (χ4v) is 3.37. The van der Waals surface area contributed by atoms with E-state index >= 15 is 0 Å². The summed E-state index contributed by atoms with van der Waals surface area (Å²) in [6, 6.07) is 12.3. The molecule has 0 atom stereocenters. The second-order valence-corrected chi connectivity index (χ2v) is 7.04. The molecule has 26 heavy (non-hydrogen) atoms. The first-order valence-corrected chi connectivity index (χ1v) is 9.48. The number of imidazole rings is 1. The van der Waals surface area contributed by atoms with E-state index in [9.17, 15) is 4.79 Å². The van der Waals surface area contributed by atoms with Crippen molar-refractivity contribution in [3.63, 3.8) is 0 Å². The number of aromatic amines is 1. The number of nitrogens with zero attached hydrogens (tertiary/aromatic N) is 1. The van der Waals surface area contributed by atoms with E-state index in [1.54, 1.807) is 0 Å². The van der Waals surface area contributed by atoms with Gasteiger partial charge < -0.3 is 5.32 Å². The van der Waals surface area contributed by atoms with Crippen LogP contribution in [0.4, 0.5) is 0 Å². The van der Waals surface area contributed by atoms with E-state index in [0.29, 0.717) is 5.56 Å². The van der Waals surface area contributed by atoms with Crippen LogP contribution in [-0.2, 0) is 0 Å². The number of carbonyl (C=O) groups excluding carboxylic acids is 1. The van der Waals surface area contributed by atoms with Crippen molar-refractivity contribution in [2.75, 3.05) is 6.54 Å². The molecule has 4 heteroatoms. The second kappa shape index (κ2) is 8.17. The van der Waals surface area contributed by atoms with Gasteiger partial charge in [-0.05, 0) is 55.7 Å². The van der Waals surface area contributed by atoms with E-state index in [-0.39, 0.29) is 5.91 Å². The minimum atomic E-state index is -0.00375. The summed E-state index contributed by atoms with van der Waals surface area (Å²) in [4.78, 5) is 15.6. The molecule has 3 rings (SSSR count). The van der Waals surface area contributed by atoms with Crippen LogP contribution >= 0.6 is 0 Å². The van der Waals surface area contributed by atoms with Crippen LogP contribution in [0.15, 0.2) is 42.7 Å². The van der Waals surface area contributed by atoms with Crippen LogP contribution in [0.2, 0.25) is 0 Å². The number of H-pyrrole nitrogens is 1. The van der Waals surface area contributed by atoms with Crippen LogP contribution in [0.1, 0.15) is 54.1 Å². The molecule has 0 aliphatic rings. The van der Waals surface area contributed by atoms with E-state index in [1.165, 1.54) is 30.4 Å². The molecule has 0 fully saturated rings. The Morgan fingerprint density at radius 3 is 2.54 bits per heavy atom. The van der Waals surface area contributed by atoms with Gasteiger partial charge >= 0.3 is 0 Å². The summed E-state index contributed by atoms with van der Waals surface area (Å²) >= 11 is 0. The van der Waals surface area contributed by atoms with Gasteiger partial charge in [-0.3, -0.25) is 4.79 Å². The summed E-state index contributed by atoms with van der Waals surface area (Å²) in [5.41, 5.74) is 6.32. The quantitative estimate of drug-likeness (QED) is 0.482. The maximum atomic E-state index is 12.4. The van der Waals surface area contributed by atoms with Gasteiger partial charge in [-0.25, -0.2) is 4.98 Å². The van der Waals surface area contributed by atoms with E-state index in [2.05, 4.69) is 53.8 Å². The Bertz CT molecular complexity index is 891. The maximum absolute atomic E-state index is 12.4. The van der Waals surface area contributed by atoms with Gasteiger partial charge in [-0.15, -0.1) is 0 Å². The highest BCUT2D eigenvalue weighted by Gasteiger charge is 2.15. The summed E-state index contributed by atoms with van der Waals surface area (Å²) in [6.45, 7) is 7.14. The van der Waals surface area contributed by atoms with Crippen molar-refractivity contribution < 1.29 is 9.36 Å². The van der Waals surface area contributed by atoms with Gasteiger partial charge in [0, 0.05) is 18.2 Å². The predicted octanol–water partition coefficient (Wildman–Crippen LogP) is 4.37. The van der Waals surface area contributed by atoms with Crippen LogP contribution in [-0.4, -0.2) is 17.4 Å². The molecule has 1 amide bonds. The summed E-state index contributed by atoms with van der Waals surface area (Å²) < 4.78 is 2.13. The lowest BCUT2D eigenvalue weighted by Gasteiger charge is -2.05. The molecule has 0 aliphatic carbocycles. The van der Waals surface area contributed by atoms with Crippen LogP contribution in [0.25, 0.3) is 16.7 Å². The normalized spacial score (nSPS) is 11.0. The standard InChI is InChI=1S/C22H27N3O/c1-4-5-6-7-10-23-22(26)18-8-9-21-20(14-18)24-15-25(21)19-12-16(2)11-17(3)13-19/h8-9,11-15H,4-7,10H2,1-3H3,(H,23,26)/p+1. The number of benzene rings is 2. The number of fused-ring (bicyclic) bond motifs is 1. The number of aromatic nitrogens is 2. The van der Waals surface area contributed by atoms with Crippen LogP contribution in [0, 0.1) is 13.8 Å². The molecule has 1 heterocycles. The molecule has 0 bridgehead atoms. The Kier molecular flexibility index (Phi) is 5.71. The Balaban J connectivity index is 1.77. The van der Waals surface area contributed by atoms with E-state index in [0.717, 1.165) is 29.7 Å². The zero-order chi connectivity index (χ0) is 18.5. The minimum absolute atomic E-state index is 0.00375. The predicted molar refractivity (Wildman–Crippen MR) is 106 cm³/mol. The van der Waals surface area contributed by atoms with Gasteiger partial charge in [0.1, 0.15) is 5.69 Å². The zero-order valence-corrected chi connectivity index (χ0v) is 15.9. The van der Waals surface area contributed by atoms with Crippen molar-refractivity contribution in [2.45, 2.75) is 46.5 Å². The van der Waals surface area contributed by atoms with Crippen molar-refractivity contribution in [1.29, 1.82) is 0 Å². The molecular formula is C22H28N3O+. The lowest BCUT2D eigenvalue weighted by atomic mass is 10.1. The first-order valence-electron chi connectivity index (χ1n) is 9.48. The largest absolute Gasteiger partial charge is 0.352 e. The SMILES string of the molecule is CCCCCCNC(=O)c1ccc2c(c1)[nH]c[n+]2-c1cc(C)cc(C)c1. The van der Waals surface area contributed by atoms with Gasteiger partial charge in [-0.2, -0.15) is 4.57 Å². The third-order valence-corrected chi connectivity index (χ3v) is 4.67. The molecule has 3 aromatic rings. The van der Waals surface area contributed by atoms with Gasteiger partial charge in [0.25, 0.3) is 5.91 Å². The lowest BCUT2D eigenvalue weighted by Crippen LogP contribution is -2.29. The average Bonchev–Trinajstić information content (AvgIpc) is 3.03.